The second-order valence-corrected chi connectivity index (χ2v) is 9.25. The lowest BCUT2D eigenvalue weighted by atomic mass is 9.68. The molecule has 1 aliphatic carbocycles. The molecule has 0 amide bonds. The van der Waals surface area contributed by atoms with Crippen LogP contribution in [0.15, 0.2) is 48.5 Å². The van der Waals surface area contributed by atoms with Crippen molar-refractivity contribution in [1.82, 2.24) is 0 Å². The molecule has 2 aromatic rings. The van der Waals surface area contributed by atoms with Gasteiger partial charge in [-0.25, -0.2) is 4.89 Å². The normalized spacial score (nSPS) is 28.6. The van der Waals surface area contributed by atoms with Gasteiger partial charge in [0.2, 0.25) is 6.29 Å². The van der Waals surface area contributed by atoms with Gasteiger partial charge in [-0.2, -0.15) is 4.89 Å². The standard InChI is InChI=1S/C25H31ClO10/c1-31-19(13-27)21(28)22(29)23(30)34-18-10-6-9-17(20(18)26)25(32-2)24(35-36-25)11-16(12-24)33-14-15-7-4-3-5-8-15/h3-10,16,19,21-23,27-30H,11-14H2,1-2H3. The summed E-state index contributed by atoms with van der Waals surface area (Å²) in [6.07, 6.45) is -5.46. The van der Waals surface area contributed by atoms with E-state index in [1.54, 1.807) is 12.1 Å². The molecular formula is C25H31ClO10. The second-order valence-electron chi connectivity index (χ2n) is 8.87. The molecule has 1 heterocycles. The van der Waals surface area contributed by atoms with Gasteiger partial charge in [0.1, 0.15) is 24.1 Å². The Morgan fingerprint density at radius 1 is 1.00 bits per heavy atom. The predicted molar refractivity (Wildman–Crippen MR) is 126 cm³/mol. The van der Waals surface area contributed by atoms with E-state index in [-0.39, 0.29) is 16.9 Å². The summed E-state index contributed by atoms with van der Waals surface area (Å²) < 4.78 is 22.1. The zero-order chi connectivity index (χ0) is 25.9. The Hall–Kier alpha value is -1.83. The van der Waals surface area contributed by atoms with Crippen molar-refractivity contribution in [1.29, 1.82) is 0 Å². The summed E-state index contributed by atoms with van der Waals surface area (Å²) >= 11 is 6.62. The first-order chi connectivity index (χ1) is 17.3. The van der Waals surface area contributed by atoms with Gasteiger partial charge in [0, 0.05) is 32.6 Å². The smallest absolute Gasteiger partial charge is 0.261 e. The average molecular weight is 527 g/mol. The fourth-order valence-electron chi connectivity index (χ4n) is 4.54. The Balaban J connectivity index is 1.45. The van der Waals surface area contributed by atoms with Gasteiger partial charge in [-0.1, -0.05) is 54.1 Å². The molecule has 1 saturated heterocycles. The maximum atomic E-state index is 10.3. The van der Waals surface area contributed by atoms with Gasteiger partial charge in [0.25, 0.3) is 5.79 Å². The Morgan fingerprint density at radius 2 is 1.72 bits per heavy atom. The first kappa shape index (κ1) is 27.2. The van der Waals surface area contributed by atoms with Gasteiger partial charge in [0.05, 0.1) is 24.3 Å². The monoisotopic (exact) mass is 526 g/mol. The van der Waals surface area contributed by atoms with Crippen molar-refractivity contribution in [2.24, 2.45) is 0 Å². The summed E-state index contributed by atoms with van der Waals surface area (Å²) in [7, 11) is 2.73. The third kappa shape index (κ3) is 4.86. The average Bonchev–Trinajstić information content (AvgIpc) is 2.86. The highest BCUT2D eigenvalue weighted by molar-refractivity contribution is 6.33. The van der Waals surface area contributed by atoms with Crippen LogP contribution in [0.5, 0.6) is 5.75 Å². The van der Waals surface area contributed by atoms with Gasteiger partial charge >= 0.3 is 0 Å². The molecule has 10 nitrogen and oxygen atoms in total. The molecule has 36 heavy (non-hydrogen) atoms. The third-order valence-corrected chi connectivity index (χ3v) is 7.11. The minimum absolute atomic E-state index is 0.0177. The summed E-state index contributed by atoms with van der Waals surface area (Å²) in [4.78, 5) is 11.0. The molecule has 0 radical (unpaired) electrons. The highest BCUT2D eigenvalue weighted by Crippen LogP contribution is 2.61. The number of methoxy groups -OCH3 is 2. The van der Waals surface area contributed by atoms with Crippen LogP contribution in [0.3, 0.4) is 0 Å². The number of aliphatic hydroxyl groups is 4. The molecule has 4 N–H and O–H groups in total. The van der Waals surface area contributed by atoms with E-state index in [0.29, 0.717) is 25.0 Å². The molecule has 0 bridgehead atoms. The maximum absolute atomic E-state index is 10.3. The van der Waals surface area contributed by atoms with E-state index in [1.807, 2.05) is 30.3 Å². The maximum Gasteiger partial charge on any atom is 0.261 e. The van der Waals surface area contributed by atoms with Crippen molar-refractivity contribution in [2.75, 3.05) is 20.8 Å². The van der Waals surface area contributed by atoms with Crippen molar-refractivity contribution >= 4 is 11.6 Å². The van der Waals surface area contributed by atoms with Crippen LogP contribution in [-0.2, 0) is 36.4 Å². The number of hydrogen-bond donors (Lipinski definition) is 4. The van der Waals surface area contributed by atoms with Crippen LogP contribution >= 0.6 is 11.6 Å². The van der Waals surface area contributed by atoms with Crippen molar-refractivity contribution in [2.45, 2.75) is 61.5 Å². The topological polar surface area (TPSA) is 136 Å². The lowest BCUT2D eigenvalue weighted by molar-refractivity contribution is -0.637. The predicted octanol–water partition coefficient (Wildman–Crippen LogP) is 1.65. The van der Waals surface area contributed by atoms with E-state index in [4.69, 9.17) is 40.3 Å². The zero-order valence-corrected chi connectivity index (χ0v) is 20.7. The molecule has 5 atom stereocenters. The Kier molecular flexibility index (Phi) is 8.52. The number of halogens is 1. The third-order valence-electron chi connectivity index (χ3n) is 6.72. The number of aliphatic hydroxyl groups excluding tert-OH is 4. The van der Waals surface area contributed by atoms with Gasteiger partial charge < -0.3 is 39.4 Å². The minimum atomic E-state index is -1.87. The van der Waals surface area contributed by atoms with Crippen LogP contribution in [0.25, 0.3) is 0 Å². The lowest BCUT2D eigenvalue weighted by Gasteiger charge is -2.61. The molecule has 0 aromatic heterocycles. The van der Waals surface area contributed by atoms with Crippen LogP contribution in [0.2, 0.25) is 5.02 Å². The number of hydrogen-bond acceptors (Lipinski definition) is 10. The van der Waals surface area contributed by atoms with Crippen molar-refractivity contribution < 1.29 is 49.1 Å². The summed E-state index contributed by atoms with van der Waals surface area (Å²) in [5, 5.41) is 40.1. The molecular weight excluding hydrogens is 496 g/mol. The summed E-state index contributed by atoms with van der Waals surface area (Å²) in [5.74, 6) is -1.32. The summed E-state index contributed by atoms with van der Waals surface area (Å²) in [5.41, 5.74) is 0.646. The van der Waals surface area contributed by atoms with Crippen molar-refractivity contribution in [3.05, 3.63) is 64.7 Å². The van der Waals surface area contributed by atoms with Gasteiger partial charge in [0.15, 0.2) is 5.60 Å². The van der Waals surface area contributed by atoms with Crippen molar-refractivity contribution in [3.8, 4) is 5.75 Å². The van der Waals surface area contributed by atoms with Crippen LogP contribution in [-0.4, -0.2) is 77.6 Å². The largest absolute Gasteiger partial charge is 0.461 e. The Bertz CT molecular complexity index is 994. The molecule has 1 saturated carbocycles. The molecule has 1 aliphatic heterocycles. The molecule has 2 fully saturated rings. The van der Waals surface area contributed by atoms with E-state index in [2.05, 4.69) is 0 Å². The van der Waals surface area contributed by atoms with Crippen LogP contribution < -0.4 is 4.74 Å². The van der Waals surface area contributed by atoms with E-state index in [1.165, 1.54) is 20.3 Å². The lowest BCUT2D eigenvalue weighted by Crippen LogP contribution is -2.72. The van der Waals surface area contributed by atoms with E-state index >= 15 is 0 Å². The van der Waals surface area contributed by atoms with Gasteiger partial charge in [-0.05, 0) is 11.6 Å². The second kappa shape index (κ2) is 11.3. The van der Waals surface area contributed by atoms with Crippen LogP contribution in [0.4, 0.5) is 0 Å². The molecule has 2 aliphatic rings. The summed E-state index contributed by atoms with van der Waals surface area (Å²) in [6, 6.07) is 14.6. The Morgan fingerprint density at radius 3 is 2.31 bits per heavy atom. The summed E-state index contributed by atoms with van der Waals surface area (Å²) in [6.45, 7) is -0.0949. The first-order valence-electron chi connectivity index (χ1n) is 11.5. The number of rotatable bonds is 12. The number of benzene rings is 2. The highest BCUT2D eigenvalue weighted by Gasteiger charge is 2.72. The molecule has 2 aromatic carbocycles. The molecule has 4 rings (SSSR count). The van der Waals surface area contributed by atoms with E-state index < -0.39 is 42.6 Å². The molecule has 11 heteroatoms. The number of ether oxygens (including phenoxy) is 4. The minimum Gasteiger partial charge on any atom is -0.461 e. The fraction of sp³-hybridized carbons (Fsp3) is 0.520. The van der Waals surface area contributed by atoms with Crippen LogP contribution in [0, 0.1) is 0 Å². The highest BCUT2D eigenvalue weighted by atomic mass is 35.5. The van der Waals surface area contributed by atoms with E-state index in [9.17, 15) is 20.4 Å². The van der Waals surface area contributed by atoms with Gasteiger partial charge in [-0.3, -0.25) is 0 Å². The Labute approximate surface area is 213 Å². The van der Waals surface area contributed by atoms with E-state index in [0.717, 1.165) is 5.56 Å². The SMILES string of the molecule is COC(CO)C(O)C(O)C(O)Oc1cccc(C2(OC)OOC23CC(OCc2ccccc2)C3)c1Cl. The zero-order valence-electron chi connectivity index (χ0n) is 20.0. The molecule has 5 unspecified atom stereocenters. The molecule has 198 valence electrons. The first-order valence-corrected chi connectivity index (χ1v) is 11.9. The fourth-order valence-corrected chi connectivity index (χ4v) is 4.84. The quantitative estimate of drug-likeness (QED) is 0.239. The molecule has 1 spiro atoms. The van der Waals surface area contributed by atoms with Gasteiger partial charge in [-0.15, -0.1) is 0 Å². The van der Waals surface area contributed by atoms with Crippen LogP contribution in [0.1, 0.15) is 24.0 Å². The van der Waals surface area contributed by atoms with Crippen molar-refractivity contribution in [3.63, 3.8) is 0 Å².